The first-order chi connectivity index (χ1) is 7.87. The second-order valence-corrected chi connectivity index (χ2v) is 4.44. The summed E-state index contributed by atoms with van der Waals surface area (Å²) in [6.07, 6.45) is 0. The number of rotatable bonds is 6. The number of hydrogen-bond donors (Lipinski definition) is 2. The minimum absolute atomic E-state index is 0.145. The fraction of sp³-hybridized carbons (Fsp3) is 0.500. The van der Waals surface area contributed by atoms with E-state index in [2.05, 4.69) is 10.1 Å². The van der Waals surface area contributed by atoms with Crippen molar-refractivity contribution in [3.05, 3.63) is 29.8 Å². The lowest BCUT2D eigenvalue weighted by molar-refractivity contribution is -0.0498. The van der Waals surface area contributed by atoms with Crippen LogP contribution >= 0.6 is 0 Å². The smallest absolute Gasteiger partial charge is 0.387 e. The van der Waals surface area contributed by atoms with E-state index in [4.69, 9.17) is 0 Å². The predicted molar refractivity (Wildman–Crippen MR) is 61.1 cm³/mol. The molecule has 0 bridgehead atoms. The standard InChI is InChI=1S/C12H17F2NO2/c1-12(2,16)8-15-7-9-3-5-10(6-4-9)17-11(13)14/h3-6,11,15-16H,7-8H2,1-2H3. The van der Waals surface area contributed by atoms with Crippen LogP contribution < -0.4 is 10.1 Å². The Morgan fingerprint density at radius 2 is 1.88 bits per heavy atom. The SMILES string of the molecule is CC(C)(O)CNCc1ccc(OC(F)F)cc1. The third-order valence-electron chi connectivity index (χ3n) is 2.04. The number of ether oxygens (including phenoxy) is 1. The van der Waals surface area contributed by atoms with Gasteiger partial charge in [-0.15, -0.1) is 0 Å². The molecule has 0 aliphatic rings. The van der Waals surface area contributed by atoms with Gasteiger partial charge in [-0.05, 0) is 31.5 Å². The van der Waals surface area contributed by atoms with Crippen LogP contribution in [0.2, 0.25) is 0 Å². The first-order valence-corrected chi connectivity index (χ1v) is 5.34. The Labute approximate surface area is 99.4 Å². The van der Waals surface area contributed by atoms with Crippen molar-refractivity contribution in [2.45, 2.75) is 32.6 Å². The third-order valence-corrected chi connectivity index (χ3v) is 2.04. The number of alkyl halides is 2. The Morgan fingerprint density at radius 1 is 1.29 bits per heavy atom. The van der Waals surface area contributed by atoms with E-state index in [-0.39, 0.29) is 5.75 Å². The molecule has 0 heterocycles. The van der Waals surface area contributed by atoms with E-state index in [0.717, 1.165) is 5.56 Å². The molecule has 96 valence electrons. The van der Waals surface area contributed by atoms with Crippen LogP contribution in [0, 0.1) is 0 Å². The Bertz CT molecular complexity index is 333. The van der Waals surface area contributed by atoms with Gasteiger partial charge in [0.2, 0.25) is 0 Å². The highest BCUT2D eigenvalue weighted by Gasteiger charge is 2.11. The van der Waals surface area contributed by atoms with Gasteiger partial charge in [0.05, 0.1) is 5.60 Å². The molecule has 5 heteroatoms. The highest BCUT2D eigenvalue weighted by atomic mass is 19.3. The monoisotopic (exact) mass is 245 g/mol. The van der Waals surface area contributed by atoms with E-state index in [9.17, 15) is 13.9 Å². The summed E-state index contributed by atoms with van der Waals surface area (Å²) < 4.78 is 28.0. The van der Waals surface area contributed by atoms with Crippen molar-refractivity contribution < 1.29 is 18.6 Å². The Hall–Kier alpha value is -1.20. The summed E-state index contributed by atoms with van der Waals surface area (Å²) in [6.45, 7) is 1.65. The van der Waals surface area contributed by atoms with Gasteiger partial charge in [-0.25, -0.2) is 0 Å². The summed E-state index contributed by atoms with van der Waals surface area (Å²) in [4.78, 5) is 0. The average Bonchev–Trinajstić information content (AvgIpc) is 2.18. The van der Waals surface area contributed by atoms with Crippen LogP contribution in [0.15, 0.2) is 24.3 Å². The molecule has 1 aromatic rings. The van der Waals surface area contributed by atoms with Gasteiger partial charge in [0.25, 0.3) is 0 Å². The first kappa shape index (κ1) is 13.9. The van der Waals surface area contributed by atoms with Crippen molar-refractivity contribution in [1.29, 1.82) is 0 Å². The van der Waals surface area contributed by atoms with Crippen molar-refractivity contribution in [2.24, 2.45) is 0 Å². The van der Waals surface area contributed by atoms with Gasteiger partial charge in [-0.2, -0.15) is 8.78 Å². The molecule has 0 saturated carbocycles. The molecule has 0 amide bonds. The number of hydrogen-bond acceptors (Lipinski definition) is 3. The van der Waals surface area contributed by atoms with E-state index in [1.165, 1.54) is 12.1 Å². The van der Waals surface area contributed by atoms with Crippen LogP contribution in [-0.2, 0) is 6.54 Å². The highest BCUT2D eigenvalue weighted by molar-refractivity contribution is 5.27. The zero-order valence-corrected chi connectivity index (χ0v) is 9.91. The molecule has 0 aliphatic carbocycles. The molecular formula is C12H17F2NO2. The van der Waals surface area contributed by atoms with Crippen molar-refractivity contribution in [3.8, 4) is 5.75 Å². The molecule has 17 heavy (non-hydrogen) atoms. The maximum Gasteiger partial charge on any atom is 0.387 e. The lowest BCUT2D eigenvalue weighted by atomic mass is 10.1. The van der Waals surface area contributed by atoms with E-state index in [0.29, 0.717) is 13.1 Å². The van der Waals surface area contributed by atoms with Crippen LogP contribution in [-0.4, -0.2) is 23.9 Å². The lowest BCUT2D eigenvalue weighted by Crippen LogP contribution is -2.34. The van der Waals surface area contributed by atoms with Crippen molar-refractivity contribution in [1.82, 2.24) is 5.32 Å². The van der Waals surface area contributed by atoms with E-state index >= 15 is 0 Å². The van der Waals surface area contributed by atoms with Gasteiger partial charge in [-0.1, -0.05) is 12.1 Å². The quantitative estimate of drug-likeness (QED) is 0.807. The lowest BCUT2D eigenvalue weighted by Gasteiger charge is -2.17. The molecule has 0 saturated heterocycles. The zero-order valence-electron chi connectivity index (χ0n) is 9.91. The van der Waals surface area contributed by atoms with Gasteiger partial charge in [0.15, 0.2) is 0 Å². The Morgan fingerprint density at radius 3 is 2.35 bits per heavy atom. The summed E-state index contributed by atoms with van der Waals surface area (Å²) in [5, 5.41) is 12.5. The molecule has 0 radical (unpaired) electrons. The summed E-state index contributed by atoms with van der Waals surface area (Å²) in [5.41, 5.74) is 0.175. The second-order valence-electron chi connectivity index (χ2n) is 4.44. The van der Waals surface area contributed by atoms with Gasteiger partial charge in [0.1, 0.15) is 5.75 Å². The van der Waals surface area contributed by atoms with E-state index < -0.39 is 12.2 Å². The van der Waals surface area contributed by atoms with E-state index in [1.54, 1.807) is 26.0 Å². The predicted octanol–water partition coefficient (Wildman–Crippen LogP) is 2.15. The van der Waals surface area contributed by atoms with Crippen LogP contribution in [0.25, 0.3) is 0 Å². The fourth-order valence-electron chi connectivity index (χ4n) is 1.30. The number of benzene rings is 1. The van der Waals surface area contributed by atoms with Crippen molar-refractivity contribution in [3.63, 3.8) is 0 Å². The van der Waals surface area contributed by atoms with E-state index in [1.807, 2.05) is 0 Å². The summed E-state index contributed by atoms with van der Waals surface area (Å²) >= 11 is 0. The fourth-order valence-corrected chi connectivity index (χ4v) is 1.30. The molecule has 0 aliphatic heterocycles. The molecule has 0 atom stereocenters. The van der Waals surface area contributed by atoms with Gasteiger partial charge >= 0.3 is 6.61 Å². The molecule has 1 aromatic carbocycles. The topological polar surface area (TPSA) is 41.5 Å². The molecule has 2 N–H and O–H groups in total. The second kappa shape index (κ2) is 5.93. The minimum Gasteiger partial charge on any atom is -0.435 e. The van der Waals surface area contributed by atoms with Crippen LogP contribution in [0.1, 0.15) is 19.4 Å². The minimum atomic E-state index is -2.80. The molecule has 0 fully saturated rings. The Kier molecular flexibility index (Phi) is 4.84. The van der Waals surface area contributed by atoms with Crippen LogP contribution in [0.3, 0.4) is 0 Å². The normalized spacial score (nSPS) is 11.9. The van der Waals surface area contributed by atoms with Gasteiger partial charge < -0.3 is 15.2 Å². The number of aliphatic hydroxyl groups is 1. The molecule has 0 unspecified atom stereocenters. The van der Waals surface area contributed by atoms with Crippen LogP contribution in [0.5, 0.6) is 5.75 Å². The number of halogens is 2. The maximum atomic E-state index is 11.9. The van der Waals surface area contributed by atoms with Crippen molar-refractivity contribution >= 4 is 0 Å². The first-order valence-electron chi connectivity index (χ1n) is 5.34. The Balaban J connectivity index is 2.40. The zero-order chi connectivity index (χ0) is 12.9. The number of nitrogens with one attached hydrogen (secondary N) is 1. The molecule has 0 aromatic heterocycles. The van der Waals surface area contributed by atoms with Gasteiger partial charge in [0, 0.05) is 13.1 Å². The van der Waals surface area contributed by atoms with Crippen molar-refractivity contribution in [2.75, 3.05) is 6.54 Å². The molecule has 1 rings (SSSR count). The third kappa shape index (κ3) is 6.19. The summed E-state index contributed by atoms with van der Waals surface area (Å²) in [7, 11) is 0. The molecule has 3 nitrogen and oxygen atoms in total. The van der Waals surface area contributed by atoms with Gasteiger partial charge in [-0.3, -0.25) is 0 Å². The average molecular weight is 245 g/mol. The summed E-state index contributed by atoms with van der Waals surface area (Å²) in [6, 6.07) is 6.39. The maximum absolute atomic E-state index is 11.9. The van der Waals surface area contributed by atoms with Crippen LogP contribution in [0.4, 0.5) is 8.78 Å². The largest absolute Gasteiger partial charge is 0.435 e. The molecule has 0 spiro atoms. The summed E-state index contributed by atoms with van der Waals surface area (Å²) in [5.74, 6) is 0.145. The molecular weight excluding hydrogens is 228 g/mol. The highest BCUT2D eigenvalue weighted by Crippen LogP contribution is 2.14.